The van der Waals surface area contributed by atoms with Crippen molar-refractivity contribution in [2.24, 2.45) is 17.8 Å². The van der Waals surface area contributed by atoms with E-state index in [9.17, 15) is 19.7 Å². The lowest BCUT2D eigenvalue weighted by Gasteiger charge is -2.56. The van der Waals surface area contributed by atoms with Gasteiger partial charge in [-0.05, 0) is 68.4 Å². The van der Waals surface area contributed by atoms with Gasteiger partial charge in [0.15, 0.2) is 6.61 Å². The van der Waals surface area contributed by atoms with Crippen molar-refractivity contribution < 1.29 is 19.2 Å². The maximum Gasteiger partial charge on any atom is 0.338 e. The Morgan fingerprint density at radius 1 is 1.19 bits per heavy atom. The summed E-state index contributed by atoms with van der Waals surface area (Å²) in [6.07, 6.45) is 6.88. The summed E-state index contributed by atoms with van der Waals surface area (Å²) in [5.74, 6) is 1.02. The molecule has 0 unspecified atom stereocenters. The van der Waals surface area contributed by atoms with E-state index in [1.165, 1.54) is 31.4 Å². The summed E-state index contributed by atoms with van der Waals surface area (Å²) in [6.45, 7) is -0.390. The van der Waals surface area contributed by atoms with Crippen LogP contribution in [0.5, 0.6) is 0 Å². The highest BCUT2D eigenvalue weighted by Crippen LogP contribution is 2.55. The zero-order valence-corrected chi connectivity index (χ0v) is 15.0. The number of hydrogen-bond acceptors (Lipinski definition) is 6. The Hall–Kier alpha value is -2.64. The largest absolute Gasteiger partial charge is 0.452 e. The first-order valence-corrected chi connectivity index (χ1v) is 9.35. The van der Waals surface area contributed by atoms with Gasteiger partial charge in [-0.25, -0.2) is 4.79 Å². The lowest BCUT2D eigenvalue weighted by molar-refractivity contribution is -0.383. The molecule has 5 rings (SSSR count). The predicted molar refractivity (Wildman–Crippen MR) is 96.8 cm³/mol. The molecule has 0 aromatic heterocycles. The van der Waals surface area contributed by atoms with Crippen LogP contribution in [0.3, 0.4) is 0 Å². The topological polar surface area (TPSA) is 125 Å². The van der Waals surface area contributed by atoms with Gasteiger partial charge in [0.1, 0.15) is 5.69 Å². The average molecular weight is 373 g/mol. The smallest absolute Gasteiger partial charge is 0.338 e. The molecule has 0 heterocycles. The third-order valence-corrected chi connectivity index (χ3v) is 6.24. The summed E-state index contributed by atoms with van der Waals surface area (Å²) < 4.78 is 5.06. The second kappa shape index (κ2) is 6.51. The van der Waals surface area contributed by atoms with E-state index in [2.05, 4.69) is 5.32 Å². The molecule has 3 N–H and O–H groups in total. The molecule has 1 aromatic carbocycles. The van der Waals surface area contributed by atoms with Crippen LogP contribution in [0.1, 0.15) is 48.9 Å². The molecule has 4 aliphatic carbocycles. The lowest BCUT2D eigenvalue weighted by atomic mass is 9.53. The van der Waals surface area contributed by atoms with Crippen molar-refractivity contribution >= 4 is 23.3 Å². The molecule has 4 saturated carbocycles. The van der Waals surface area contributed by atoms with Crippen molar-refractivity contribution in [2.45, 2.75) is 44.1 Å². The molecular weight excluding hydrogens is 350 g/mol. The van der Waals surface area contributed by atoms with Gasteiger partial charge in [0, 0.05) is 11.6 Å². The highest BCUT2D eigenvalue weighted by Gasteiger charge is 2.51. The Labute approximate surface area is 156 Å². The van der Waals surface area contributed by atoms with Crippen LogP contribution in [0.15, 0.2) is 18.2 Å². The van der Waals surface area contributed by atoms with Gasteiger partial charge in [0.05, 0.1) is 10.5 Å². The molecule has 4 fully saturated rings. The second-order valence-corrected chi connectivity index (χ2v) is 8.35. The van der Waals surface area contributed by atoms with Crippen molar-refractivity contribution in [1.29, 1.82) is 0 Å². The van der Waals surface area contributed by atoms with E-state index in [-0.39, 0.29) is 28.4 Å². The summed E-state index contributed by atoms with van der Waals surface area (Å²) in [6, 6.07) is 3.69. The quantitative estimate of drug-likeness (QED) is 0.353. The standard InChI is InChI=1S/C19H23N3O5/c20-15-2-1-14(6-16(15)22(25)26)18(24)27-10-17(23)21-19-7-11-3-12(8-19)5-13(4-11)9-19/h1-2,6,11-13H,3-5,7-10,20H2,(H,21,23). The maximum atomic E-state index is 12.4. The molecule has 0 aliphatic heterocycles. The number of carbonyl (C=O) groups is 2. The minimum Gasteiger partial charge on any atom is -0.452 e. The lowest BCUT2D eigenvalue weighted by Crippen LogP contribution is -2.60. The van der Waals surface area contributed by atoms with E-state index in [4.69, 9.17) is 10.5 Å². The molecule has 1 aromatic rings. The fourth-order valence-electron chi connectivity index (χ4n) is 5.64. The number of nitrogens with one attached hydrogen (secondary N) is 1. The first-order chi connectivity index (χ1) is 12.8. The molecule has 0 saturated heterocycles. The SMILES string of the molecule is Nc1ccc(C(=O)OCC(=O)NC23CC4CC(CC(C4)C2)C3)cc1[N+](=O)[O-]. The van der Waals surface area contributed by atoms with Gasteiger partial charge in [-0.15, -0.1) is 0 Å². The minimum absolute atomic E-state index is 0.00138. The second-order valence-electron chi connectivity index (χ2n) is 8.35. The zero-order valence-electron chi connectivity index (χ0n) is 15.0. The van der Waals surface area contributed by atoms with Crippen LogP contribution in [0.2, 0.25) is 0 Å². The number of benzene rings is 1. The number of rotatable bonds is 5. The van der Waals surface area contributed by atoms with Gasteiger partial charge in [-0.2, -0.15) is 0 Å². The molecule has 8 nitrogen and oxygen atoms in total. The van der Waals surface area contributed by atoms with Crippen molar-refractivity contribution in [3.05, 3.63) is 33.9 Å². The minimum atomic E-state index is -0.779. The molecule has 0 radical (unpaired) electrons. The Bertz CT molecular complexity index is 771. The predicted octanol–water partition coefficient (Wildman–Crippen LogP) is 2.42. The Morgan fingerprint density at radius 3 is 2.33 bits per heavy atom. The van der Waals surface area contributed by atoms with E-state index in [0.717, 1.165) is 25.3 Å². The number of nitro groups is 1. The van der Waals surface area contributed by atoms with Crippen LogP contribution in [-0.4, -0.2) is 28.9 Å². The number of carbonyl (C=O) groups excluding carboxylic acids is 2. The van der Waals surface area contributed by atoms with E-state index in [0.29, 0.717) is 17.8 Å². The first kappa shape index (κ1) is 17.8. The summed E-state index contributed by atoms with van der Waals surface area (Å²) in [5.41, 5.74) is 4.99. The maximum absolute atomic E-state index is 12.4. The summed E-state index contributed by atoms with van der Waals surface area (Å²) >= 11 is 0. The van der Waals surface area contributed by atoms with Crippen LogP contribution >= 0.6 is 0 Å². The van der Waals surface area contributed by atoms with Crippen molar-refractivity contribution in [1.82, 2.24) is 5.32 Å². The van der Waals surface area contributed by atoms with Crippen LogP contribution in [0.4, 0.5) is 11.4 Å². The number of nitrogen functional groups attached to an aromatic ring is 1. The van der Waals surface area contributed by atoms with Gasteiger partial charge < -0.3 is 15.8 Å². The van der Waals surface area contributed by atoms with Crippen LogP contribution in [0, 0.1) is 27.9 Å². The number of amides is 1. The van der Waals surface area contributed by atoms with Crippen LogP contribution < -0.4 is 11.1 Å². The fraction of sp³-hybridized carbons (Fsp3) is 0.579. The fourth-order valence-corrected chi connectivity index (χ4v) is 5.64. The highest BCUT2D eigenvalue weighted by atomic mass is 16.6. The molecule has 4 bridgehead atoms. The van der Waals surface area contributed by atoms with Gasteiger partial charge >= 0.3 is 5.97 Å². The molecule has 27 heavy (non-hydrogen) atoms. The third kappa shape index (κ3) is 3.48. The third-order valence-electron chi connectivity index (χ3n) is 6.24. The number of ether oxygens (including phenoxy) is 1. The van der Waals surface area contributed by atoms with Gasteiger partial charge in [0.25, 0.3) is 11.6 Å². The number of nitrogens with two attached hydrogens (primary N) is 1. The summed E-state index contributed by atoms with van der Waals surface area (Å²) in [4.78, 5) is 34.8. The molecule has 8 heteroatoms. The number of esters is 1. The van der Waals surface area contributed by atoms with Crippen molar-refractivity contribution in [3.8, 4) is 0 Å². The van der Waals surface area contributed by atoms with Crippen LogP contribution in [-0.2, 0) is 9.53 Å². The normalized spacial score (nSPS) is 30.7. The highest BCUT2D eigenvalue weighted by molar-refractivity contribution is 5.92. The Balaban J connectivity index is 1.35. The number of hydrogen-bond donors (Lipinski definition) is 2. The van der Waals surface area contributed by atoms with Gasteiger partial charge in [-0.1, -0.05) is 0 Å². The molecular formula is C19H23N3O5. The summed E-state index contributed by atoms with van der Waals surface area (Å²) in [7, 11) is 0. The van der Waals surface area contributed by atoms with Crippen LogP contribution in [0.25, 0.3) is 0 Å². The van der Waals surface area contributed by atoms with E-state index in [1.54, 1.807) is 0 Å². The van der Waals surface area contributed by atoms with Crippen molar-refractivity contribution in [2.75, 3.05) is 12.3 Å². The molecule has 0 spiro atoms. The van der Waals surface area contributed by atoms with Crippen molar-refractivity contribution in [3.63, 3.8) is 0 Å². The van der Waals surface area contributed by atoms with E-state index >= 15 is 0 Å². The first-order valence-electron chi connectivity index (χ1n) is 9.35. The Kier molecular flexibility index (Phi) is 4.28. The number of nitro benzene ring substituents is 1. The zero-order chi connectivity index (χ0) is 19.2. The number of anilines is 1. The molecule has 1 amide bonds. The molecule has 4 aliphatic rings. The van der Waals surface area contributed by atoms with Gasteiger partial charge in [-0.3, -0.25) is 14.9 Å². The Morgan fingerprint density at radius 2 is 1.78 bits per heavy atom. The molecule has 144 valence electrons. The molecule has 0 atom stereocenters. The number of nitrogens with zero attached hydrogens (tertiary/aromatic N) is 1. The summed E-state index contributed by atoms with van der Waals surface area (Å²) in [5, 5.41) is 14.0. The van der Waals surface area contributed by atoms with Gasteiger partial charge in [0.2, 0.25) is 0 Å². The monoisotopic (exact) mass is 373 g/mol. The van der Waals surface area contributed by atoms with E-state index < -0.39 is 17.5 Å². The van der Waals surface area contributed by atoms with E-state index in [1.807, 2.05) is 0 Å². The average Bonchev–Trinajstić information content (AvgIpc) is 2.58.